The van der Waals surface area contributed by atoms with Gasteiger partial charge in [0.15, 0.2) is 0 Å². The quantitative estimate of drug-likeness (QED) is 0.817. The van der Waals surface area contributed by atoms with Gasteiger partial charge in [0.2, 0.25) is 5.88 Å². The summed E-state index contributed by atoms with van der Waals surface area (Å²) in [7, 11) is 0. The van der Waals surface area contributed by atoms with E-state index in [0.717, 1.165) is 25.3 Å². The summed E-state index contributed by atoms with van der Waals surface area (Å²) in [4.78, 5) is 4.19. The SMILES string of the molecule is CCNC1CC(Oc2cc(C)ccn2)C1. The van der Waals surface area contributed by atoms with Gasteiger partial charge in [-0.05, 0) is 37.9 Å². The molecule has 3 heteroatoms. The van der Waals surface area contributed by atoms with Gasteiger partial charge in [-0.25, -0.2) is 4.98 Å². The van der Waals surface area contributed by atoms with E-state index in [-0.39, 0.29) is 0 Å². The predicted molar refractivity (Wildman–Crippen MR) is 60.1 cm³/mol. The van der Waals surface area contributed by atoms with Crippen molar-refractivity contribution >= 4 is 0 Å². The standard InChI is InChI=1S/C12H18N2O/c1-3-13-10-7-11(8-10)15-12-6-9(2)4-5-14-12/h4-6,10-11,13H,3,7-8H2,1-2H3. The Hall–Kier alpha value is -1.09. The summed E-state index contributed by atoms with van der Waals surface area (Å²) in [5.41, 5.74) is 1.20. The van der Waals surface area contributed by atoms with Crippen molar-refractivity contribution in [1.82, 2.24) is 10.3 Å². The Balaban J connectivity index is 1.80. The van der Waals surface area contributed by atoms with Gasteiger partial charge in [-0.1, -0.05) is 6.92 Å². The number of pyridine rings is 1. The molecule has 82 valence electrons. The smallest absolute Gasteiger partial charge is 0.213 e. The van der Waals surface area contributed by atoms with Crippen LogP contribution in [0.3, 0.4) is 0 Å². The normalized spacial score (nSPS) is 24.7. The maximum absolute atomic E-state index is 5.76. The van der Waals surface area contributed by atoms with Gasteiger partial charge in [0.05, 0.1) is 0 Å². The molecule has 1 aliphatic rings. The van der Waals surface area contributed by atoms with E-state index >= 15 is 0 Å². The molecule has 0 bridgehead atoms. The average Bonchev–Trinajstić information content (AvgIpc) is 2.15. The van der Waals surface area contributed by atoms with Crippen molar-refractivity contribution in [2.24, 2.45) is 0 Å². The number of rotatable bonds is 4. The van der Waals surface area contributed by atoms with Crippen LogP contribution in [0.4, 0.5) is 0 Å². The van der Waals surface area contributed by atoms with Crippen LogP contribution in [0.5, 0.6) is 5.88 Å². The number of hydrogen-bond donors (Lipinski definition) is 1. The third-order valence-electron chi connectivity index (χ3n) is 2.77. The van der Waals surface area contributed by atoms with Crippen LogP contribution in [-0.2, 0) is 0 Å². The van der Waals surface area contributed by atoms with E-state index in [4.69, 9.17) is 4.74 Å². The molecule has 15 heavy (non-hydrogen) atoms. The lowest BCUT2D eigenvalue weighted by Crippen LogP contribution is -2.46. The van der Waals surface area contributed by atoms with Gasteiger partial charge < -0.3 is 10.1 Å². The summed E-state index contributed by atoms with van der Waals surface area (Å²) in [5.74, 6) is 0.759. The monoisotopic (exact) mass is 206 g/mol. The van der Waals surface area contributed by atoms with Crippen molar-refractivity contribution in [1.29, 1.82) is 0 Å². The zero-order chi connectivity index (χ0) is 10.7. The summed E-state index contributed by atoms with van der Waals surface area (Å²) in [6.07, 6.45) is 4.35. The van der Waals surface area contributed by atoms with Gasteiger partial charge in [-0.2, -0.15) is 0 Å². The van der Waals surface area contributed by atoms with Crippen LogP contribution in [0.1, 0.15) is 25.3 Å². The second-order valence-electron chi connectivity index (χ2n) is 4.14. The highest BCUT2D eigenvalue weighted by Gasteiger charge is 2.30. The van der Waals surface area contributed by atoms with Crippen LogP contribution in [0.15, 0.2) is 18.3 Å². The number of nitrogens with zero attached hydrogens (tertiary/aromatic N) is 1. The van der Waals surface area contributed by atoms with E-state index in [1.54, 1.807) is 6.20 Å². The van der Waals surface area contributed by atoms with Crippen LogP contribution in [0, 0.1) is 6.92 Å². The summed E-state index contributed by atoms with van der Waals surface area (Å²) in [5, 5.41) is 3.41. The Labute approximate surface area is 90.9 Å². The van der Waals surface area contributed by atoms with Crippen molar-refractivity contribution in [3.63, 3.8) is 0 Å². The summed E-state index contributed by atoms with van der Waals surface area (Å²) in [6.45, 7) is 5.23. The molecule has 0 saturated heterocycles. The van der Waals surface area contributed by atoms with Crippen LogP contribution in [-0.4, -0.2) is 23.7 Å². The number of aromatic nitrogens is 1. The third kappa shape index (κ3) is 2.69. The molecule has 1 saturated carbocycles. The van der Waals surface area contributed by atoms with E-state index in [1.807, 2.05) is 12.1 Å². The lowest BCUT2D eigenvalue weighted by Gasteiger charge is -2.35. The summed E-state index contributed by atoms with van der Waals surface area (Å²) >= 11 is 0. The molecule has 0 unspecified atom stereocenters. The molecule has 0 atom stereocenters. The van der Waals surface area contributed by atoms with Crippen LogP contribution >= 0.6 is 0 Å². The number of aryl methyl sites for hydroxylation is 1. The first-order chi connectivity index (χ1) is 7.28. The Kier molecular flexibility index (Phi) is 3.21. The van der Waals surface area contributed by atoms with E-state index in [9.17, 15) is 0 Å². The molecule has 1 N–H and O–H groups in total. The molecule has 1 aromatic heterocycles. The Bertz CT molecular complexity index is 321. The molecule has 0 aliphatic heterocycles. The Morgan fingerprint density at radius 2 is 2.33 bits per heavy atom. The predicted octanol–water partition coefficient (Wildman–Crippen LogP) is 1.91. The van der Waals surface area contributed by atoms with Crippen LogP contribution in [0.25, 0.3) is 0 Å². The van der Waals surface area contributed by atoms with Gasteiger partial charge in [0.25, 0.3) is 0 Å². The fourth-order valence-corrected chi connectivity index (χ4v) is 1.86. The number of nitrogens with one attached hydrogen (secondary N) is 1. The fraction of sp³-hybridized carbons (Fsp3) is 0.583. The van der Waals surface area contributed by atoms with Gasteiger partial charge in [0, 0.05) is 18.3 Å². The average molecular weight is 206 g/mol. The van der Waals surface area contributed by atoms with E-state index < -0.39 is 0 Å². The highest BCUT2D eigenvalue weighted by atomic mass is 16.5. The highest BCUT2D eigenvalue weighted by Crippen LogP contribution is 2.24. The van der Waals surface area contributed by atoms with E-state index in [0.29, 0.717) is 12.1 Å². The van der Waals surface area contributed by atoms with Crippen molar-refractivity contribution < 1.29 is 4.74 Å². The van der Waals surface area contributed by atoms with E-state index in [2.05, 4.69) is 24.1 Å². The van der Waals surface area contributed by atoms with Crippen molar-refractivity contribution in [3.8, 4) is 5.88 Å². The molecule has 1 aliphatic carbocycles. The van der Waals surface area contributed by atoms with Gasteiger partial charge in [-0.15, -0.1) is 0 Å². The molecule has 0 aromatic carbocycles. The Morgan fingerprint density at radius 3 is 3.00 bits per heavy atom. The molecule has 1 fully saturated rings. The van der Waals surface area contributed by atoms with Crippen molar-refractivity contribution in [2.75, 3.05) is 6.54 Å². The first kappa shape index (κ1) is 10.4. The number of ether oxygens (including phenoxy) is 1. The fourth-order valence-electron chi connectivity index (χ4n) is 1.86. The lowest BCUT2D eigenvalue weighted by atomic mass is 9.89. The zero-order valence-corrected chi connectivity index (χ0v) is 9.36. The first-order valence-electron chi connectivity index (χ1n) is 5.60. The molecular weight excluding hydrogens is 188 g/mol. The zero-order valence-electron chi connectivity index (χ0n) is 9.36. The molecular formula is C12H18N2O. The molecule has 1 heterocycles. The third-order valence-corrected chi connectivity index (χ3v) is 2.77. The lowest BCUT2D eigenvalue weighted by molar-refractivity contribution is 0.0814. The maximum Gasteiger partial charge on any atom is 0.213 e. The van der Waals surface area contributed by atoms with Gasteiger partial charge >= 0.3 is 0 Å². The molecule has 0 radical (unpaired) electrons. The molecule has 1 aromatic rings. The van der Waals surface area contributed by atoms with Gasteiger partial charge in [0.1, 0.15) is 6.10 Å². The molecule has 0 amide bonds. The van der Waals surface area contributed by atoms with Gasteiger partial charge in [-0.3, -0.25) is 0 Å². The van der Waals surface area contributed by atoms with Crippen LogP contribution in [0.2, 0.25) is 0 Å². The van der Waals surface area contributed by atoms with Crippen molar-refractivity contribution in [2.45, 2.75) is 38.8 Å². The second kappa shape index (κ2) is 4.62. The van der Waals surface area contributed by atoms with E-state index in [1.165, 1.54) is 5.56 Å². The summed E-state index contributed by atoms with van der Waals surface area (Å²) < 4.78 is 5.76. The first-order valence-corrected chi connectivity index (χ1v) is 5.60. The largest absolute Gasteiger partial charge is 0.474 e. The topological polar surface area (TPSA) is 34.1 Å². The minimum absolute atomic E-state index is 0.350. The second-order valence-corrected chi connectivity index (χ2v) is 4.14. The Morgan fingerprint density at radius 1 is 1.53 bits per heavy atom. The highest BCUT2D eigenvalue weighted by molar-refractivity contribution is 5.19. The molecule has 2 rings (SSSR count). The van der Waals surface area contributed by atoms with Crippen molar-refractivity contribution in [3.05, 3.63) is 23.9 Å². The maximum atomic E-state index is 5.76. The minimum atomic E-state index is 0.350. The minimum Gasteiger partial charge on any atom is -0.474 e. The number of hydrogen-bond acceptors (Lipinski definition) is 3. The molecule has 3 nitrogen and oxygen atoms in total. The molecule has 0 spiro atoms. The summed E-state index contributed by atoms with van der Waals surface area (Å²) in [6, 6.07) is 4.61. The van der Waals surface area contributed by atoms with Crippen LogP contribution < -0.4 is 10.1 Å².